The minimum Gasteiger partial charge on any atom is -0.455 e. The van der Waals surface area contributed by atoms with Gasteiger partial charge in [0.05, 0.1) is 5.69 Å². The van der Waals surface area contributed by atoms with E-state index in [1.807, 2.05) is 48.7 Å². The largest absolute Gasteiger partial charge is 0.455 e. The van der Waals surface area contributed by atoms with Crippen LogP contribution in [0, 0.1) is 0 Å². The van der Waals surface area contributed by atoms with Crippen molar-refractivity contribution in [3.8, 4) is 11.3 Å². The lowest BCUT2D eigenvalue weighted by atomic mass is 9.98. The average molecular weight is 703 g/mol. The van der Waals surface area contributed by atoms with Gasteiger partial charge in [-0.25, -0.2) is 0 Å². The SMILES string of the molecule is c1ccc(-c2ccc(N(c3ccc4c(ccc5ccc6c7ccccc7oc6c54)c3)c3ccc4c(ccc5ccc6c7ccccc7oc6c54)c3)cc2)nc1. The van der Waals surface area contributed by atoms with Gasteiger partial charge in [-0.15, -0.1) is 0 Å². The fourth-order valence-electron chi connectivity index (χ4n) is 8.67. The number of fused-ring (bicyclic) bond motifs is 14. The Labute approximate surface area is 315 Å². The van der Waals surface area contributed by atoms with Crippen molar-refractivity contribution in [1.29, 1.82) is 0 Å². The molecule has 0 N–H and O–H groups in total. The van der Waals surface area contributed by atoms with Crippen molar-refractivity contribution < 1.29 is 8.83 Å². The molecule has 256 valence electrons. The molecule has 0 spiro atoms. The number of benzene rings is 9. The van der Waals surface area contributed by atoms with E-state index in [0.29, 0.717) is 0 Å². The van der Waals surface area contributed by atoms with Crippen LogP contribution in [0.3, 0.4) is 0 Å². The highest BCUT2D eigenvalue weighted by Crippen LogP contribution is 2.43. The van der Waals surface area contributed by atoms with Crippen LogP contribution >= 0.6 is 0 Å². The summed E-state index contributed by atoms with van der Waals surface area (Å²) in [7, 11) is 0. The predicted octanol–water partition coefficient (Wildman–Crippen LogP) is 14.6. The highest BCUT2D eigenvalue weighted by molar-refractivity contribution is 6.24. The van der Waals surface area contributed by atoms with E-state index in [2.05, 4.69) is 143 Å². The molecular formula is C51H30N2O2. The molecule has 0 aliphatic carbocycles. The molecule has 0 atom stereocenters. The van der Waals surface area contributed by atoms with E-state index in [4.69, 9.17) is 8.83 Å². The summed E-state index contributed by atoms with van der Waals surface area (Å²) in [5.74, 6) is 0. The monoisotopic (exact) mass is 702 g/mol. The Kier molecular flexibility index (Phi) is 6.31. The van der Waals surface area contributed by atoms with Gasteiger partial charge in [-0.1, -0.05) is 103 Å². The van der Waals surface area contributed by atoms with E-state index in [1.165, 1.54) is 0 Å². The molecule has 0 saturated carbocycles. The molecule has 0 aliphatic heterocycles. The summed E-state index contributed by atoms with van der Waals surface area (Å²) in [6.07, 6.45) is 1.84. The quantitative estimate of drug-likeness (QED) is 0.171. The van der Waals surface area contributed by atoms with E-state index >= 15 is 0 Å². The first-order chi connectivity index (χ1) is 27.2. The molecule has 4 heteroatoms. The summed E-state index contributed by atoms with van der Waals surface area (Å²) in [5, 5.41) is 13.8. The third kappa shape index (κ3) is 4.55. The van der Waals surface area contributed by atoms with Crippen LogP contribution in [0.25, 0.3) is 98.2 Å². The lowest BCUT2D eigenvalue weighted by molar-refractivity contribution is 0.672. The van der Waals surface area contributed by atoms with Crippen LogP contribution in [0.2, 0.25) is 0 Å². The number of anilines is 3. The second-order valence-electron chi connectivity index (χ2n) is 14.3. The molecule has 0 amide bonds. The standard InChI is InChI=1S/C51H30N2O2/c1-3-10-46-41(7-1)43-24-18-32-12-14-34-29-37(22-26-39(34)48(32)50(43)54-46)53(36-20-16-31(17-21-36)45-9-5-6-28-52-45)38-23-27-40-35(30-38)15-13-33-19-25-44-42-8-2-4-11-47(42)55-51(44)49(33)40/h1-30H. The molecule has 0 unspecified atom stereocenters. The van der Waals surface area contributed by atoms with Gasteiger partial charge in [0.2, 0.25) is 0 Å². The van der Waals surface area contributed by atoms with Crippen molar-refractivity contribution in [1.82, 2.24) is 4.98 Å². The van der Waals surface area contributed by atoms with Gasteiger partial charge in [0.1, 0.15) is 22.3 Å². The normalized spacial score (nSPS) is 12.0. The van der Waals surface area contributed by atoms with Gasteiger partial charge in [0, 0.05) is 61.1 Å². The smallest absolute Gasteiger partial charge is 0.143 e. The maximum absolute atomic E-state index is 6.53. The molecular weight excluding hydrogens is 673 g/mol. The average Bonchev–Trinajstić information content (AvgIpc) is 3.83. The predicted molar refractivity (Wildman–Crippen MR) is 229 cm³/mol. The van der Waals surface area contributed by atoms with E-state index in [9.17, 15) is 0 Å². The number of pyridine rings is 1. The molecule has 12 rings (SSSR count). The highest BCUT2D eigenvalue weighted by Gasteiger charge is 2.19. The van der Waals surface area contributed by atoms with Gasteiger partial charge >= 0.3 is 0 Å². The second-order valence-corrected chi connectivity index (χ2v) is 14.3. The molecule has 12 aromatic rings. The maximum atomic E-state index is 6.53. The van der Waals surface area contributed by atoms with Crippen LogP contribution < -0.4 is 4.90 Å². The van der Waals surface area contributed by atoms with Crippen LogP contribution in [0.15, 0.2) is 191 Å². The number of hydrogen-bond acceptors (Lipinski definition) is 4. The van der Waals surface area contributed by atoms with Gasteiger partial charge in [-0.05, 0) is 105 Å². The van der Waals surface area contributed by atoms with Crippen molar-refractivity contribution >= 4 is 104 Å². The zero-order chi connectivity index (χ0) is 36.0. The zero-order valence-corrected chi connectivity index (χ0v) is 29.5. The summed E-state index contributed by atoms with van der Waals surface area (Å²) in [6.45, 7) is 0. The summed E-state index contributed by atoms with van der Waals surface area (Å²) < 4.78 is 13.1. The molecule has 3 heterocycles. The lowest BCUT2D eigenvalue weighted by Gasteiger charge is -2.26. The highest BCUT2D eigenvalue weighted by atomic mass is 16.3. The molecule has 0 fully saturated rings. The van der Waals surface area contributed by atoms with Crippen molar-refractivity contribution in [2.24, 2.45) is 0 Å². The number of aromatic nitrogens is 1. The summed E-state index contributed by atoms with van der Waals surface area (Å²) in [4.78, 5) is 6.95. The van der Waals surface area contributed by atoms with Gasteiger partial charge in [0.15, 0.2) is 0 Å². The summed E-state index contributed by atoms with van der Waals surface area (Å²) in [6, 6.07) is 62.5. The summed E-state index contributed by atoms with van der Waals surface area (Å²) in [5.41, 5.74) is 8.88. The Balaban J connectivity index is 1.06. The van der Waals surface area contributed by atoms with E-state index in [1.54, 1.807) is 0 Å². The lowest BCUT2D eigenvalue weighted by Crippen LogP contribution is -2.10. The Morgan fingerprint density at radius 2 is 0.836 bits per heavy atom. The molecule has 3 aromatic heterocycles. The van der Waals surface area contributed by atoms with Gasteiger partial charge < -0.3 is 13.7 Å². The maximum Gasteiger partial charge on any atom is 0.143 e. The molecule has 0 radical (unpaired) electrons. The van der Waals surface area contributed by atoms with Crippen LogP contribution in [0.4, 0.5) is 17.1 Å². The van der Waals surface area contributed by atoms with Crippen LogP contribution in [-0.2, 0) is 0 Å². The Bertz CT molecular complexity index is 3290. The van der Waals surface area contributed by atoms with E-state index in [-0.39, 0.29) is 0 Å². The Hall–Kier alpha value is -7.43. The number of furan rings is 2. The fraction of sp³-hybridized carbons (Fsp3) is 0. The zero-order valence-electron chi connectivity index (χ0n) is 29.5. The summed E-state index contributed by atoms with van der Waals surface area (Å²) >= 11 is 0. The van der Waals surface area contributed by atoms with E-state index < -0.39 is 0 Å². The van der Waals surface area contributed by atoms with Crippen molar-refractivity contribution in [3.63, 3.8) is 0 Å². The Morgan fingerprint density at radius 3 is 1.38 bits per heavy atom. The third-order valence-corrected chi connectivity index (χ3v) is 11.3. The number of para-hydroxylation sites is 2. The van der Waals surface area contributed by atoms with Gasteiger partial charge in [0.25, 0.3) is 0 Å². The minimum absolute atomic E-state index is 0.907. The van der Waals surface area contributed by atoms with Gasteiger partial charge in [-0.2, -0.15) is 0 Å². The molecule has 9 aromatic carbocycles. The first-order valence-corrected chi connectivity index (χ1v) is 18.6. The molecule has 55 heavy (non-hydrogen) atoms. The van der Waals surface area contributed by atoms with Crippen LogP contribution in [-0.4, -0.2) is 4.98 Å². The molecule has 0 aliphatic rings. The van der Waals surface area contributed by atoms with Crippen LogP contribution in [0.1, 0.15) is 0 Å². The van der Waals surface area contributed by atoms with Crippen molar-refractivity contribution in [2.75, 3.05) is 4.90 Å². The van der Waals surface area contributed by atoms with Crippen LogP contribution in [0.5, 0.6) is 0 Å². The molecule has 4 nitrogen and oxygen atoms in total. The van der Waals surface area contributed by atoms with Crippen molar-refractivity contribution in [2.45, 2.75) is 0 Å². The topological polar surface area (TPSA) is 42.4 Å². The number of nitrogens with zero attached hydrogens (tertiary/aromatic N) is 2. The first-order valence-electron chi connectivity index (χ1n) is 18.6. The van der Waals surface area contributed by atoms with E-state index in [0.717, 1.165) is 115 Å². The Morgan fingerprint density at radius 1 is 0.364 bits per heavy atom. The minimum atomic E-state index is 0.907. The molecule has 0 bridgehead atoms. The first kappa shape index (κ1) is 30.1. The van der Waals surface area contributed by atoms with Gasteiger partial charge in [-0.3, -0.25) is 4.98 Å². The van der Waals surface area contributed by atoms with Crippen molar-refractivity contribution in [3.05, 3.63) is 182 Å². The number of rotatable bonds is 4. The third-order valence-electron chi connectivity index (χ3n) is 11.3. The fourth-order valence-corrected chi connectivity index (χ4v) is 8.67. The molecule has 0 saturated heterocycles. The second kappa shape index (κ2) is 11.5. The number of hydrogen-bond donors (Lipinski definition) is 0.